The normalized spacial score (nSPS) is 15.4. The summed E-state index contributed by atoms with van der Waals surface area (Å²) >= 11 is 1.21. The lowest BCUT2D eigenvalue weighted by molar-refractivity contribution is -0.128. The monoisotopic (exact) mass is 360 g/mol. The fourth-order valence-electron chi connectivity index (χ4n) is 2.52. The van der Waals surface area contributed by atoms with Gasteiger partial charge in [0, 0.05) is 19.5 Å². The first kappa shape index (κ1) is 17.5. The summed E-state index contributed by atoms with van der Waals surface area (Å²) in [6.45, 7) is 3.33. The molecule has 2 amide bonds. The van der Waals surface area contributed by atoms with Crippen molar-refractivity contribution in [1.29, 1.82) is 0 Å². The third kappa shape index (κ3) is 4.82. The Morgan fingerprint density at radius 3 is 2.88 bits per heavy atom. The summed E-state index contributed by atoms with van der Waals surface area (Å²) in [7, 11) is 0. The molecule has 1 atom stereocenters. The largest absolute Gasteiger partial charge is 0.414 e. The Kier molecular flexibility index (Phi) is 5.70. The maximum atomic E-state index is 12.2. The van der Waals surface area contributed by atoms with E-state index < -0.39 is 0 Å². The van der Waals surface area contributed by atoms with Gasteiger partial charge >= 0.3 is 0 Å². The second-order valence-corrected chi connectivity index (χ2v) is 7.14. The van der Waals surface area contributed by atoms with Crippen LogP contribution in [0.4, 0.5) is 0 Å². The number of benzene rings is 1. The number of amides is 2. The van der Waals surface area contributed by atoms with Crippen molar-refractivity contribution in [2.75, 3.05) is 6.54 Å². The van der Waals surface area contributed by atoms with Crippen LogP contribution in [0.25, 0.3) is 0 Å². The van der Waals surface area contributed by atoms with Gasteiger partial charge in [0.05, 0.1) is 11.8 Å². The molecular weight excluding hydrogens is 340 g/mol. The fraction of sp³-hybridized carbons (Fsp3) is 0.412. The Bertz CT molecular complexity index is 735. The van der Waals surface area contributed by atoms with E-state index >= 15 is 0 Å². The number of nitrogens with zero attached hydrogens (tertiary/aromatic N) is 3. The lowest BCUT2D eigenvalue weighted by atomic mass is 10.2. The van der Waals surface area contributed by atoms with Crippen LogP contribution in [0.3, 0.4) is 0 Å². The standard InChI is InChI=1S/C17H20N4O3S/c1-12(16(23)18-10-13-6-3-2-4-7-13)25-17-20-19-14(24-17)11-21-9-5-8-15(21)22/h2-4,6-7,12H,5,8-11H2,1H3,(H,18,23)/t12-/m0/s1. The van der Waals surface area contributed by atoms with Gasteiger partial charge in [-0.15, -0.1) is 10.2 Å². The number of likely N-dealkylation sites (tertiary alicyclic amines) is 1. The van der Waals surface area contributed by atoms with E-state index in [1.807, 2.05) is 30.3 Å². The number of carbonyl (C=O) groups excluding carboxylic acids is 2. The van der Waals surface area contributed by atoms with Crippen LogP contribution >= 0.6 is 11.8 Å². The first-order valence-electron chi connectivity index (χ1n) is 8.20. The summed E-state index contributed by atoms with van der Waals surface area (Å²) in [6, 6.07) is 9.73. The average Bonchev–Trinajstić information content (AvgIpc) is 3.23. The Labute approximate surface area is 150 Å². The third-order valence-corrected chi connectivity index (χ3v) is 4.84. The van der Waals surface area contributed by atoms with E-state index in [1.165, 1.54) is 11.8 Å². The van der Waals surface area contributed by atoms with Crippen LogP contribution in [-0.2, 0) is 22.7 Å². The molecule has 0 radical (unpaired) electrons. The van der Waals surface area contributed by atoms with Gasteiger partial charge in [-0.1, -0.05) is 42.1 Å². The summed E-state index contributed by atoms with van der Waals surface area (Å²) in [4.78, 5) is 25.5. The van der Waals surface area contributed by atoms with Gasteiger partial charge in [0.15, 0.2) is 0 Å². The third-order valence-electron chi connectivity index (χ3n) is 3.90. The van der Waals surface area contributed by atoms with E-state index in [1.54, 1.807) is 11.8 Å². The highest BCUT2D eigenvalue weighted by Crippen LogP contribution is 2.23. The zero-order valence-electron chi connectivity index (χ0n) is 14.0. The molecule has 1 N–H and O–H groups in total. The molecule has 1 aliphatic heterocycles. The van der Waals surface area contributed by atoms with Crippen molar-refractivity contribution in [2.45, 2.75) is 43.3 Å². The van der Waals surface area contributed by atoms with E-state index in [4.69, 9.17) is 4.42 Å². The van der Waals surface area contributed by atoms with Crippen LogP contribution in [0.1, 0.15) is 31.2 Å². The number of nitrogens with one attached hydrogen (secondary N) is 1. The number of rotatable bonds is 7. The molecule has 1 aromatic carbocycles. The predicted molar refractivity (Wildman–Crippen MR) is 92.6 cm³/mol. The maximum Gasteiger partial charge on any atom is 0.277 e. The van der Waals surface area contributed by atoms with Crippen LogP contribution in [-0.4, -0.2) is 38.7 Å². The van der Waals surface area contributed by atoms with Gasteiger partial charge in [-0.05, 0) is 18.9 Å². The quantitative estimate of drug-likeness (QED) is 0.760. The van der Waals surface area contributed by atoms with Gasteiger partial charge in [0.2, 0.25) is 17.7 Å². The van der Waals surface area contributed by atoms with Gasteiger partial charge in [0.25, 0.3) is 5.22 Å². The lowest BCUT2D eigenvalue weighted by Crippen LogP contribution is -2.30. The van der Waals surface area contributed by atoms with Gasteiger partial charge < -0.3 is 14.6 Å². The molecule has 0 unspecified atom stereocenters. The molecule has 8 heteroatoms. The molecule has 2 aromatic rings. The van der Waals surface area contributed by atoms with Crippen molar-refractivity contribution in [3.63, 3.8) is 0 Å². The van der Waals surface area contributed by atoms with Crippen molar-refractivity contribution >= 4 is 23.6 Å². The van der Waals surface area contributed by atoms with Crippen molar-refractivity contribution in [2.24, 2.45) is 0 Å². The zero-order chi connectivity index (χ0) is 17.6. The summed E-state index contributed by atoms with van der Waals surface area (Å²) in [5, 5.41) is 10.8. The minimum atomic E-state index is -0.356. The van der Waals surface area contributed by atoms with E-state index in [0.29, 0.717) is 30.6 Å². The molecule has 0 saturated carbocycles. The van der Waals surface area contributed by atoms with Gasteiger partial charge in [0.1, 0.15) is 0 Å². The van der Waals surface area contributed by atoms with Gasteiger partial charge in [-0.2, -0.15) is 0 Å². The molecule has 0 bridgehead atoms. The number of hydrogen-bond donors (Lipinski definition) is 1. The Balaban J connectivity index is 1.48. The fourth-order valence-corrected chi connectivity index (χ4v) is 3.24. The van der Waals surface area contributed by atoms with E-state index in [9.17, 15) is 9.59 Å². The molecular formula is C17H20N4O3S. The highest BCUT2D eigenvalue weighted by molar-refractivity contribution is 8.00. The highest BCUT2D eigenvalue weighted by atomic mass is 32.2. The Morgan fingerprint density at radius 1 is 1.36 bits per heavy atom. The van der Waals surface area contributed by atoms with Crippen molar-refractivity contribution in [3.8, 4) is 0 Å². The van der Waals surface area contributed by atoms with Crippen LogP contribution in [0, 0.1) is 0 Å². The molecule has 1 aromatic heterocycles. The number of thioether (sulfide) groups is 1. The summed E-state index contributed by atoms with van der Waals surface area (Å²) in [6.07, 6.45) is 1.45. The summed E-state index contributed by atoms with van der Waals surface area (Å²) in [5.74, 6) is 0.416. The minimum absolute atomic E-state index is 0.0941. The smallest absolute Gasteiger partial charge is 0.277 e. The van der Waals surface area contributed by atoms with Gasteiger partial charge in [-0.3, -0.25) is 9.59 Å². The summed E-state index contributed by atoms with van der Waals surface area (Å²) < 4.78 is 5.54. The molecule has 0 aliphatic carbocycles. The van der Waals surface area contributed by atoms with Crippen molar-refractivity contribution < 1.29 is 14.0 Å². The molecule has 25 heavy (non-hydrogen) atoms. The van der Waals surface area contributed by atoms with E-state index in [2.05, 4.69) is 15.5 Å². The van der Waals surface area contributed by atoms with Gasteiger partial charge in [-0.25, -0.2) is 0 Å². The molecule has 132 valence electrons. The van der Waals surface area contributed by atoms with E-state index in [0.717, 1.165) is 18.5 Å². The second-order valence-electron chi connectivity index (χ2n) is 5.84. The Hall–Kier alpha value is -2.35. The molecule has 3 rings (SSSR count). The second kappa shape index (κ2) is 8.15. The molecule has 7 nitrogen and oxygen atoms in total. The van der Waals surface area contributed by atoms with Crippen LogP contribution in [0.2, 0.25) is 0 Å². The molecule has 0 spiro atoms. The highest BCUT2D eigenvalue weighted by Gasteiger charge is 2.23. The molecule has 1 saturated heterocycles. The Morgan fingerprint density at radius 2 is 2.16 bits per heavy atom. The van der Waals surface area contributed by atoms with E-state index in [-0.39, 0.29) is 17.1 Å². The average molecular weight is 360 g/mol. The van der Waals surface area contributed by atoms with Crippen LogP contribution in [0.15, 0.2) is 40.0 Å². The minimum Gasteiger partial charge on any atom is -0.414 e. The first-order valence-corrected chi connectivity index (χ1v) is 9.08. The lowest BCUT2D eigenvalue weighted by Gasteiger charge is -2.11. The molecule has 1 aliphatic rings. The topological polar surface area (TPSA) is 88.3 Å². The SMILES string of the molecule is C[C@H](Sc1nnc(CN2CCCC2=O)o1)C(=O)NCc1ccccc1. The molecule has 1 fully saturated rings. The molecule has 2 heterocycles. The van der Waals surface area contributed by atoms with Crippen molar-refractivity contribution in [3.05, 3.63) is 41.8 Å². The summed E-state index contributed by atoms with van der Waals surface area (Å²) in [5.41, 5.74) is 1.04. The van der Waals surface area contributed by atoms with Crippen LogP contribution < -0.4 is 5.32 Å². The number of aromatic nitrogens is 2. The van der Waals surface area contributed by atoms with Crippen LogP contribution in [0.5, 0.6) is 0 Å². The zero-order valence-corrected chi connectivity index (χ0v) is 14.8. The number of carbonyl (C=O) groups is 2. The van der Waals surface area contributed by atoms with Crippen molar-refractivity contribution in [1.82, 2.24) is 20.4 Å². The maximum absolute atomic E-state index is 12.2. The predicted octanol–water partition coefficient (Wildman–Crippen LogP) is 1.99. The number of hydrogen-bond acceptors (Lipinski definition) is 6. The first-order chi connectivity index (χ1) is 12.1.